The van der Waals surface area contributed by atoms with Crippen molar-refractivity contribution in [3.8, 4) is 0 Å². The summed E-state index contributed by atoms with van der Waals surface area (Å²) in [5.74, 6) is 0.951. The largest absolute Gasteiger partial charge is 0.361 e. The lowest BCUT2D eigenvalue weighted by Crippen LogP contribution is -2.31. The zero-order chi connectivity index (χ0) is 17.6. The minimum Gasteiger partial charge on any atom is -0.361 e. The molecular formula is C21H26N4. The SMILES string of the molecule is Cc1ccc2c(CN3CCc4nc(C(C)(C)C)ncc4C3)c[nH]c2c1. The number of nitrogens with zero attached hydrogens (tertiary/aromatic N) is 3. The molecule has 3 aromatic rings. The molecule has 25 heavy (non-hydrogen) atoms. The van der Waals surface area contributed by atoms with Crippen LogP contribution in [-0.2, 0) is 24.9 Å². The van der Waals surface area contributed by atoms with Crippen molar-refractivity contribution in [2.24, 2.45) is 0 Å². The van der Waals surface area contributed by atoms with E-state index in [-0.39, 0.29) is 5.41 Å². The van der Waals surface area contributed by atoms with Gasteiger partial charge < -0.3 is 4.98 Å². The average molecular weight is 334 g/mol. The lowest BCUT2D eigenvalue weighted by Gasteiger charge is -2.29. The molecule has 1 aliphatic rings. The van der Waals surface area contributed by atoms with Crippen LogP contribution in [0.2, 0.25) is 0 Å². The molecule has 0 radical (unpaired) electrons. The molecule has 4 nitrogen and oxygen atoms in total. The molecule has 0 spiro atoms. The summed E-state index contributed by atoms with van der Waals surface area (Å²) in [5.41, 5.74) is 6.39. The van der Waals surface area contributed by atoms with Crippen LogP contribution in [0.3, 0.4) is 0 Å². The van der Waals surface area contributed by atoms with Gasteiger partial charge in [-0.3, -0.25) is 4.90 Å². The second-order valence-electron chi connectivity index (χ2n) is 8.24. The zero-order valence-corrected chi connectivity index (χ0v) is 15.6. The molecule has 1 aromatic carbocycles. The summed E-state index contributed by atoms with van der Waals surface area (Å²) in [4.78, 5) is 15.3. The topological polar surface area (TPSA) is 44.8 Å². The highest BCUT2D eigenvalue weighted by Crippen LogP contribution is 2.25. The normalized spacial score (nSPS) is 15.5. The average Bonchev–Trinajstić information content (AvgIpc) is 2.95. The van der Waals surface area contributed by atoms with Gasteiger partial charge >= 0.3 is 0 Å². The fourth-order valence-corrected chi connectivity index (χ4v) is 3.54. The molecule has 0 saturated carbocycles. The molecule has 0 atom stereocenters. The van der Waals surface area contributed by atoms with E-state index in [0.29, 0.717) is 0 Å². The fourth-order valence-electron chi connectivity index (χ4n) is 3.54. The summed E-state index contributed by atoms with van der Waals surface area (Å²) in [6, 6.07) is 6.63. The van der Waals surface area contributed by atoms with Gasteiger partial charge in [-0.15, -0.1) is 0 Å². The van der Waals surface area contributed by atoms with Crippen molar-refractivity contribution < 1.29 is 0 Å². The molecule has 4 rings (SSSR count). The van der Waals surface area contributed by atoms with E-state index in [0.717, 1.165) is 31.9 Å². The van der Waals surface area contributed by atoms with Crippen LogP contribution in [0, 0.1) is 6.92 Å². The number of benzene rings is 1. The maximum absolute atomic E-state index is 4.83. The quantitative estimate of drug-likeness (QED) is 0.766. The Morgan fingerprint density at radius 1 is 1.24 bits per heavy atom. The van der Waals surface area contributed by atoms with Crippen molar-refractivity contribution in [3.63, 3.8) is 0 Å². The lowest BCUT2D eigenvalue weighted by atomic mass is 9.95. The highest BCUT2D eigenvalue weighted by atomic mass is 15.1. The van der Waals surface area contributed by atoms with E-state index in [9.17, 15) is 0 Å². The molecule has 0 saturated heterocycles. The lowest BCUT2D eigenvalue weighted by molar-refractivity contribution is 0.243. The maximum Gasteiger partial charge on any atom is 0.133 e. The van der Waals surface area contributed by atoms with E-state index >= 15 is 0 Å². The monoisotopic (exact) mass is 334 g/mol. The van der Waals surface area contributed by atoms with Crippen LogP contribution in [0.1, 0.15) is 49.0 Å². The number of nitrogens with one attached hydrogen (secondary N) is 1. The second kappa shape index (κ2) is 5.95. The maximum atomic E-state index is 4.83. The predicted octanol–water partition coefficient (Wildman–Crippen LogP) is 4.12. The van der Waals surface area contributed by atoms with E-state index < -0.39 is 0 Å². The molecule has 4 heteroatoms. The van der Waals surface area contributed by atoms with Gasteiger partial charge in [-0.25, -0.2) is 9.97 Å². The van der Waals surface area contributed by atoms with Crippen molar-refractivity contribution in [2.45, 2.75) is 52.6 Å². The van der Waals surface area contributed by atoms with E-state index in [4.69, 9.17) is 4.98 Å². The predicted molar refractivity (Wildman–Crippen MR) is 102 cm³/mol. The van der Waals surface area contributed by atoms with E-state index in [2.05, 4.69) is 67.0 Å². The zero-order valence-electron chi connectivity index (χ0n) is 15.6. The standard InChI is InChI=1S/C21H26N4/c1-14-5-6-17-15(10-22-19(17)9-14)12-25-8-7-18-16(13-25)11-23-20(24-18)21(2,3)4/h5-6,9-11,22H,7-8,12-13H2,1-4H3. The fraction of sp³-hybridized carbons (Fsp3) is 0.429. The van der Waals surface area contributed by atoms with Gasteiger partial charge in [0.2, 0.25) is 0 Å². The summed E-state index contributed by atoms with van der Waals surface area (Å²) in [5, 5.41) is 1.33. The van der Waals surface area contributed by atoms with Crippen LogP contribution >= 0.6 is 0 Å². The molecule has 2 aromatic heterocycles. The number of rotatable bonds is 2. The van der Waals surface area contributed by atoms with Gasteiger partial charge in [0.25, 0.3) is 0 Å². The molecule has 3 heterocycles. The molecule has 0 fully saturated rings. The molecular weight excluding hydrogens is 308 g/mol. The van der Waals surface area contributed by atoms with Crippen LogP contribution in [-0.4, -0.2) is 26.4 Å². The summed E-state index contributed by atoms with van der Waals surface area (Å²) >= 11 is 0. The summed E-state index contributed by atoms with van der Waals surface area (Å²) in [7, 11) is 0. The summed E-state index contributed by atoms with van der Waals surface area (Å²) in [6.07, 6.45) is 5.19. The van der Waals surface area contributed by atoms with Crippen LogP contribution < -0.4 is 0 Å². The van der Waals surface area contributed by atoms with Gasteiger partial charge in [0.15, 0.2) is 0 Å². The number of aryl methyl sites for hydroxylation is 1. The first kappa shape index (κ1) is 16.3. The van der Waals surface area contributed by atoms with Crippen molar-refractivity contribution in [1.82, 2.24) is 19.9 Å². The van der Waals surface area contributed by atoms with Crippen LogP contribution in [0.15, 0.2) is 30.6 Å². The third-order valence-corrected chi connectivity index (χ3v) is 5.00. The van der Waals surface area contributed by atoms with Gasteiger partial charge in [0, 0.05) is 66.0 Å². The van der Waals surface area contributed by atoms with Crippen molar-refractivity contribution in [3.05, 3.63) is 58.8 Å². The van der Waals surface area contributed by atoms with E-state index in [1.54, 1.807) is 0 Å². The van der Waals surface area contributed by atoms with Gasteiger partial charge in [-0.05, 0) is 24.1 Å². The first-order chi connectivity index (χ1) is 11.9. The molecule has 1 N–H and O–H groups in total. The Balaban J connectivity index is 1.54. The Morgan fingerprint density at radius 3 is 2.88 bits per heavy atom. The Morgan fingerprint density at radius 2 is 2.08 bits per heavy atom. The molecule has 0 amide bonds. The third-order valence-electron chi connectivity index (χ3n) is 5.00. The van der Waals surface area contributed by atoms with Crippen LogP contribution in [0.25, 0.3) is 10.9 Å². The van der Waals surface area contributed by atoms with Gasteiger partial charge in [-0.2, -0.15) is 0 Å². The number of aromatic nitrogens is 3. The Kier molecular flexibility index (Phi) is 3.88. The number of hydrogen-bond acceptors (Lipinski definition) is 3. The van der Waals surface area contributed by atoms with Crippen molar-refractivity contribution >= 4 is 10.9 Å². The molecule has 0 bridgehead atoms. The van der Waals surface area contributed by atoms with Crippen LogP contribution in [0.5, 0.6) is 0 Å². The highest BCUT2D eigenvalue weighted by molar-refractivity contribution is 5.83. The van der Waals surface area contributed by atoms with E-state index in [1.165, 1.54) is 33.3 Å². The summed E-state index contributed by atoms with van der Waals surface area (Å²) < 4.78 is 0. The van der Waals surface area contributed by atoms with E-state index in [1.807, 2.05) is 6.20 Å². The first-order valence-corrected chi connectivity index (χ1v) is 9.04. The number of fused-ring (bicyclic) bond motifs is 2. The van der Waals surface area contributed by atoms with Gasteiger partial charge in [0.05, 0.1) is 0 Å². The first-order valence-electron chi connectivity index (χ1n) is 9.04. The molecule has 130 valence electrons. The third kappa shape index (κ3) is 3.19. The van der Waals surface area contributed by atoms with Crippen molar-refractivity contribution in [1.29, 1.82) is 0 Å². The van der Waals surface area contributed by atoms with Gasteiger partial charge in [-0.1, -0.05) is 32.9 Å². The second-order valence-corrected chi connectivity index (χ2v) is 8.24. The minimum atomic E-state index is 0.00827. The Labute approximate surface area is 149 Å². The van der Waals surface area contributed by atoms with Crippen molar-refractivity contribution in [2.75, 3.05) is 6.54 Å². The Bertz CT molecular complexity index is 917. The molecule has 0 aliphatic carbocycles. The molecule has 0 unspecified atom stereocenters. The highest BCUT2D eigenvalue weighted by Gasteiger charge is 2.23. The number of H-pyrrole nitrogens is 1. The van der Waals surface area contributed by atoms with Crippen LogP contribution in [0.4, 0.5) is 0 Å². The minimum absolute atomic E-state index is 0.00827. The smallest absolute Gasteiger partial charge is 0.133 e. The molecule has 1 aliphatic heterocycles. The number of hydrogen-bond donors (Lipinski definition) is 1. The Hall–Kier alpha value is -2.20. The number of aromatic amines is 1. The van der Waals surface area contributed by atoms with Gasteiger partial charge in [0.1, 0.15) is 5.82 Å². The summed E-state index contributed by atoms with van der Waals surface area (Å²) in [6.45, 7) is 11.6.